The van der Waals surface area contributed by atoms with Crippen molar-refractivity contribution in [2.24, 2.45) is 4.99 Å². The number of hydrogen-bond acceptors (Lipinski definition) is 8. The molecule has 1 heterocycles. The van der Waals surface area contributed by atoms with Crippen LogP contribution in [0.5, 0.6) is 5.75 Å². The van der Waals surface area contributed by atoms with Crippen LogP contribution in [-0.4, -0.2) is 64.4 Å². The van der Waals surface area contributed by atoms with E-state index < -0.39 is 23.1 Å². The molecule has 2 amide bonds. The van der Waals surface area contributed by atoms with Gasteiger partial charge in [0.1, 0.15) is 11.0 Å². The SMILES string of the molecule is CCOC(=O)c1ccc(N=C2SC(C(=O)Nc3ccc(C(=O)O)cc3)CC(=O)N2CCc2ccc(OC)cc2)cc1. The number of aliphatic imine (C=N–C) groups is 1. The summed E-state index contributed by atoms with van der Waals surface area (Å²) in [4.78, 5) is 55.8. The van der Waals surface area contributed by atoms with Crippen LogP contribution in [0, 0.1) is 0 Å². The van der Waals surface area contributed by atoms with E-state index in [1.54, 1.807) is 43.2 Å². The number of anilines is 1. The Labute approximate surface area is 241 Å². The summed E-state index contributed by atoms with van der Waals surface area (Å²) in [5.74, 6) is -1.42. The number of methoxy groups -OCH3 is 1. The van der Waals surface area contributed by atoms with Crippen LogP contribution < -0.4 is 10.1 Å². The first-order chi connectivity index (χ1) is 19.8. The molecule has 4 rings (SSSR count). The fraction of sp³-hybridized carbons (Fsp3) is 0.233. The lowest BCUT2D eigenvalue weighted by molar-refractivity contribution is -0.129. The van der Waals surface area contributed by atoms with Crippen molar-refractivity contribution in [3.63, 3.8) is 0 Å². The van der Waals surface area contributed by atoms with Crippen LogP contribution in [0.15, 0.2) is 77.8 Å². The summed E-state index contributed by atoms with van der Waals surface area (Å²) < 4.78 is 10.2. The van der Waals surface area contributed by atoms with E-state index in [1.165, 1.54) is 36.0 Å². The predicted octanol–water partition coefficient (Wildman–Crippen LogP) is 4.77. The van der Waals surface area contributed by atoms with Gasteiger partial charge >= 0.3 is 11.9 Å². The van der Waals surface area contributed by atoms with E-state index in [4.69, 9.17) is 14.6 Å². The minimum absolute atomic E-state index is 0.0346. The highest BCUT2D eigenvalue weighted by Crippen LogP contribution is 2.30. The molecule has 1 aliphatic rings. The van der Waals surface area contributed by atoms with Gasteiger partial charge in [-0.05, 0) is 79.6 Å². The third kappa shape index (κ3) is 7.73. The molecule has 0 radical (unpaired) electrons. The smallest absolute Gasteiger partial charge is 0.338 e. The number of carbonyl (C=O) groups is 4. The quantitative estimate of drug-likeness (QED) is 0.330. The second-order valence-electron chi connectivity index (χ2n) is 8.99. The second-order valence-corrected chi connectivity index (χ2v) is 10.2. The molecule has 0 aliphatic carbocycles. The molecular formula is C30H29N3O7S. The van der Waals surface area contributed by atoms with Gasteiger partial charge in [-0.2, -0.15) is 0 Å². The third-order valence-electron chi connectivity index (χ3n) is 6.22. The number of amidine groups is 1. The lowest BCUT2D eigenvalue weighted by atomic mass is 10.1. The molecular weight excluding hydrogens is 546 g/mol. The van der Waals surface area contributed by atoms with Crippen molar-refractivity contribution in [3.05, 3.63) is 89.5 Å². The molecule has 1 atom stereocenters. The van der Waals surface area contributed by atoms with Crippen molar-refractivity contribution < 1.29 is 33.8 Å². The maximum atomic E-state index is 13.3. The van der Waals surface area contributed by atoms with Gasteiger partial charge in [-0.1, -0.05) is 23.9 Å². The van der Waals surface area contributed by atoms with Gasteiger partial charge in [0, 0.05) is 18.7 Å². The van der Waals surface area contributed by atoms with E-state index in [9.17, 15) is 19.2 Å². The van der Waals surface area contributed by atoms with Crippen molar-refractivity contribution in [1.29, 1.82) is 0 Å². The van der Waals surface area contributed by atoms with Gasteiger partial charge in [-0.25, -0.2) is 14.6 Å². The molecule has 41 heavy (non-hydrogen) atoms. The molecule has 212 valence electrons. The molecule has 1 unspecified atom stereocenters. The van der Waals surface area contributed by atoms with Crippen LogP contribution in [0.4, 0.5) is 11.4 Å². The van der Waals surface area contributed by atoms with Gasteiger partial charge in [0.2, 0.25) is 11.8 Å². The Morgan fingerprint density at radius 1 is 1.00 bits per heavy atom. The predicted molar refractivity (Wildman–Crippen MR) is 156 cm³/mol. The molecule has 1 fully saturated rings. The molecule has 2 N–H and O–H groups in total. The number of rotatable bonds is 10. The summed E-state index contributed by atoms with van der Waals surface area (Å²) in [6, 6.07) is 19.8. The Morgan fingerprint density at radius 3 is 2.27 bits per heavy atom. The first-order valence-corrected chi connectivity index (χ1v) is 13.8. The van der Waals surface area contributed by atoms with Crippen LogP contribution >= 0.6 is 11.8 Å². The number of amides is 2. The highest BCUT2D eigenvalue weighted by Gasteiger charge is 2.36. The van der Waals surface area contributed by atoms with Gasteiger partial charge in [0.15, 0.2) is 5.17 Å². The number of benzene rings is 3. The molecule has 1 saturated heterocycles. The Hall–Kier alpha value is -4.64. The minimum atomic E-state index is -1.07. The Morgan fingerprint density at radius 2 is 1.66 bits per heavy atom. The van der Waals surface area contributed by atoms with Crippen molar-refractivity contribution in [3.8, 4) is 5.75 Å². The van der Waals surface area contributed by atoms with Crippen LogP contribution in [-0.2, 0) is 20.7 Å². The van der Waals surface area contributed by atoms with E-state index in [1.807, 2.05) is 24.3 Å². The number of carboxylic acid groups (broad SMARTS) is 1. The minimum Gasteiger partial charge on any atom is -0.497 e. The molecule has 3 aromatic rings. The van der Waals surface area contributed by atoms with Crippen molar-refractivity contribution in [2.45, 2.75) is 25.0 Å². The lowest BCUT2D eigenvalue weighted by Crippen LogP contribution is -2.46. The third-order valence-corrected chi connectivity index (χ3v) is 7.41. The first-order valence-electron chi connectivity index (χ1n) is 12.9. The normalized spacial score (nSPS) is 15.9. The summed E-state index contributed by atoms with van der Waals surface area (Å²) in [6.07, 6.45) is 0.525. The van der Waals surface area contributed by atoms with Gasteiger partial charge in [-0.15, -0.1) is 0 Å². The molecule has 3 aromatic carbocycles. The van der Waals surface area contributed by atoms with Crippen LogP contribution in [0.1, 0.15) is 39.6 Å². The molecule has 0 aromatic heterocycles. The van der Waals surface area contributed by atoms with Gasteiger partial charge in [0.25, 0.3) is 0 Å². The van der Waals surface area contributed by atoms with E-state index >= 15 is 0 Å². The molecule has 0 saturated carbocycles. The van der Waals surface area contributed by atoms with Gasteiger partial charge < -0.3 is 19.9 Å². The zero-order chi connectivity index (χ0) is 29.4. The number of esters is 1. The molecule has 0 bridgehead atoms. The summed E-state index contributed by atoms with van der Waals surface area (Å²) in [6.45, 7) is 2.34. The maximum Gasteiger partial charge on any atom is 0.338 e. The molecule has 1 aliphatic heterocycles. The summed E-state index contributed by atoms with van der Waals surface area (Å²) >= 11 is 1.17. The average molecular weight is 576 g/mol. The van der Waals surface area contributed by atoms with Crippen molar-refractivity contribution >= 4 is 52.1 Å². The number of nitrogens with zero attached hydrogens (tertiary/aromatic N) is 2. The number of aromatic carboxylic acids is 1. The number of ether oxygens (including phenoxy) is 2. The van der Waals surface area contributed by atoms with Crippen molar-refractivity contribution in [2.75, 3.05) is 25.6 Å². The molecule has 0 spiro atoms. The summed E-state index contributed by atoms with van der Waals surface area (Å²) in [5.41, 5.74) is 2.41. The van der Waals surface area contributed by atoms with Crippen LogP contribution in [0.2, 0.25) is 0 Å². The fourth-order valence-electron chi connectivity index (χ4n) is 4.01. The first kappa shape index (κ1) is 29.3. The number of carboxylic acids is 1. The largest absolute Gasteiger partial charge is 0.497 e. The van der Waals surface area contributed by atoms with Crippen molar-refractivity contribution in [1.82, 2.24) is 4.90 Å². The standard InChI is InChI=1S/C30H29N3O7S/c1-3-40-29(38)21-8-12-23(13-9-21)32-30-33(17-16-19-4-14-24(39-2)15-5-19)26(34)18-25(41-30)27(35)31-22-10-6-20(7-11-22)28(36)37/h4-15,25H,3,16-18H2,1-2H3,(H,31,35)(H,36,37). The topological polar surface area (TPSA) is 135 Å². The highest BCUT2D eigenvalue weighted by molar-refractivity contribution is 8.15. The van der Waals surface area contributed by atoms with E-state index in [2.05, 4.69) is 10.3 Å². The summed E-state index contributed by atoms with van der Waals surface area (Å²) in [7, 11) is 1.60. The van der Waals surface area contributed by atoms with Crippen LogP contribution in [0.25, 0.3) is 0 Å². The lowest BCUT2D eigenvalue weighted by Gasteiger charge is -2.32. The zero-order valence-electron chi connectivity index (χ0n) is 22.5. The second kappa shape index (κ2) is 13.6. The van der Waals surface area contributed by atoms with E-state index in [-0.39, 0.29) is 24.5 Å². The van der Waals surface area contributed by atoms with Crippen LogP contribution in [0.3, 0.4) is 0 Å². The average Bonchev–Trinajstić information content (AvgIpc) is 2.97. The monoisotopic (exact) mass is 575 g/mol. The van der Waals surface area contributed by atoms with E-state index in [0.717, 1.165) is 11.3 Å². The Balaban J connectivity index is 1.54. The highest BCUT2D eigenvalue weighted by atomic mass is 32.2. The van der Waals surface area contributed by atoms with Gasteiger partial charge in [-0.3, -0.25) is 14.5 Å². The summed E-state index contributed by atoms with van der Waals surface area (Å²) in [5, 5.41) is 11.5. The van der Waals surface area contributed by atoms with Gasteiger partial charge in [0.05, 0.1) is 30.5 Å². The molecule has 11 heteroatoms. The number of nitrogens with one attached hydrogen (secondary N) is 1. The zero-order valence-corrected chi connectivity index (χ0v) is 23.3. The fourth-order valence-corrected chi connectivity index (χ4v) is 5.13. The molecule has 10 nitrogen and oxygen atoms in total. The Bertz CT molecular complexity index is 1440. The Kier molecular flexibility index (Phi) is 9.75. The number of carbonyl (C=O) groups excluding carboxylic acids is 3. The maximum absolute atomic E-state index is 13.3. The number of hydrogen-bond donors (Lipinski definition) is 2. The number of thioether (sulfide) groups is 1. The van der Waals surface area contributed by atoms with E-state index in [0.29, 0.717) is 35.1 Å².